The third-order valence-corrected chi connectivity index (χ3v) is 2.84. The van der Waals surface area contributed by atoms with E-state index in [2.05, 4.69) is 38.2 Å². The average Bonchev–Trinajstić information content (AvgIpc) is 2.26. The van der Waals surface area contributed by atoms with Crippen LogP contribution in [-0.2, 0) is 0 Å². The molecule has 0 aliphatic carbocycles. The van der Waals surface area contributed by atoms with Crippen molar-refractivity contribution in [2.45, 2.75) is 39.3 Å². The molecule has 0 saturated heterocycles. The summed E-state index contributed by atoms with van der Waals surface area (Å²) < 4.78 is 0. The Balaban J connectivity index is 2.78. The van der Waals surface area contributed by atoms with Crippen molar-refractivity contribution in [3.8, 4) is 0 Å². The lowest BCUT2D eigenvalue weighted by molar-refractivity contribution is 0.233. The molecule has 1 aromatic carbocycles. The summed E-state index contributed by atoms with van der Waals surface area (Å²) in [5.74, 6) is 0. The number of aliphatic hydroxyl groups is 1. The first-order valence-corrected chi connectivity index (χ1v) is 5.61. The first kappa shape index (κ1) is 12.2. The lowest BCUT2D eigenvalue weighted by atomic mass is 10.0. The maximum atomic E-state index is 9.39. The van der Waals surface area contributed by atoms with E-state index in [0.29, 0.717) is 6.04 Å². The largest absolute Gasteiger partial charge is 0.394 e. The summed E-state index contributed by atoms with van der Waals surface area (Å²) in [5.41, 5.74) is 2.42. The van der Waals surface area contributed by atoms with Crippen molar-refractivity contribution in [1.82, 2.24) is 5.32 Å². The van der Waals surface area contributed by atoms with Crippen LogP contribution in [0.25, 0.3) is 0 Å². The van der Waals surface area contributed by atoms with Gasteiger partial charge in [-0.1, -0.05) is 31.2 Å². The second-order valence-electron chi connectivity index (χ2n) is 4.07. The van der Waals surface area contributed by atoms with Gasteiger partial charge in [-0.25, -0.2) is 0 Å². The maximum Gasteiger partial charge on any atom is 0.0626 e. The average molecular weight is 207 g/mol. The van der Waals surface area contributed by atoms with Gasteiger partial charge in [0.25, 0.3) is 0 Å². The maximum absolute atomic E-state index is 9.39. The molecule has 1 rings (SSSR count). The Labute approximate surface area is 92.3 Å². The van der Waals surface area contributed by atoms with Crippen LogP contribution in [-0.4, -0.2) is 17.8 Å². The molecule has 0 aliphatic heterocycles. The predicted octanol–water partition coefficient (Wildman–Crippen LogP) is 2.42. The molecule has 0 heterocycles. The van der Waals surface area contributed by atoms with Crippen LogP contribution < -0.4 is 5.32 Å². The second-order valence-corrected chi connectivity index (χ2v) is 4.07. The quantitative estimate of drug-likeness (QED) is 0.777. The van der Waals surface area contributed by atoms with Crippen LogP contribution in [0.1, 0.15) is 37.4 Å². The Kier molecular flexibility index (Phi) is 4.79. The SMILES string of the molecule is CCC(C)NC(CO)c1ccccc1C. The van der Waals surface area contributed by atoms with Gasteiger partial charge >= 0.3 is 0 Å². The fraction of sp³-hybridized carbons (Fsp3) is 0.538. The van der Waals surface area contributed by atoms with Crippen molar-refractivity contribution in [1.29, 1.82) is 0 Å². The first-order valence-electron chi connectivity index (χ1n) is 5.61. The van der Waals surface area contributed by atoms with Crippen LogP contribution in [0.5, 0.6) is 0 Å². The van der Waals surface area contributed by atoms with Crippen LogP contribution in [0.2, 0.25) is 0 Å². The highest BCUT2D eigenvalue weighted by molar-refractivity contribution is 5.28. The van der Waals surface area contributed by atoms with Gasteiger partial charge in [0.15, 0.2) is 0 Å². The van der Waals surface area contributed by atoms with E-state index in [9.17, 15) is 5.11 Å². The van der Waals surface area contributed by atoms with Crippen molar-refractivity contribution in [3.63, 3.8) is 0 Å². The fourth-order valence-electron chi connectivity index (χ4n) is 1.68. The Morgan fingerprint density at radius 3 is 2.53 bits per heavy atom. The van der Waals surface area contributed by atoms with Gasteiger partial charge in [-0.3, -0.25) is 0 Å². The number of aryl methyl sites for hydroxylation is 1. The van der Waals surface area contributed by atoms with E-state index in [4.69, 9.17) is 0 Å². The van der Waals surface area contributed by atoms with E-state index in [0.717, 1.165) is 6.42 Å². The predicted molar refractivity (Wildman–Crippen MR) is 63.9 cm³/mol. The number of aliphatic hydroxyl groups excluding tert-OH is 1. The highest BCUT2D eigenvalue weighted by Gasteiger charge is 2.13. The van der Waals surface area contributed by atoms with Crippen LogP contribution in [0.15, 0.2) is 24.3 Å². The van der Waals surface area contributed by atoms with Crippen molar-refractivity contribution >= 4 is 0 Å². The summed E-state index contributed by atoms with van der Waals surface area (Å²) in [6.07, 6.45) is 1.07. The summed E-state index contributed by atoms with van der Waals surface area (Å²) >= 11 is 0. The van der Waals surface area contributed by atoms with E-state index < -0.39 is 0 Å². The van der Waals surface area contributed by atoms with E-state index in [-0.39, 0.29) is 12.6 Å². The minimum absolute atomic E-state index is 0.0566. The lowest BCUT2D eigenvalue weighted by Crippen LogP contribution is -2.32. The highest BCUT2D eigenvalue weighted by atomic mass is 16.3. The molecule has 0 spiro atoms. The van der Waals surface area contributed by atoms with Gasteiger partial charge in [-0.05, 0) is 31.4 Å². The van der Waals surface area contributed by atoms with E-state index in [1.54, 1.807) is 0 Å². The van der Waals surface area contributed by atoms with Crippen LogP contribution in [0.4, 0.5) is 0 Å². The molecule has 1 aromatic rings. The van der Waals surface area contributed by atoms with Crippen LogP contribution >= 0.6 is 0 Å². The minimum Gasteiger partial charge on any atom is -0.394 e. The topological polar surface area (TPSA) is 32.3 Å². The molecule has 0 radical (unpaired) electrons. The summed E-state index contributed by atoms with van der Waals surface area (Å²) in [6, 6.07) is 8.68. The molecule has 0 saturated carbocycles. The zero-order valence-corrected chi connectivity index (χ0v) is 9.83. The van der Waals surface area contributed by atoms with Crippen LogP contribution in [0.3, 0.4) is 0 Å². The molecule has 0 aliphatic rings. The monoisotopic (exact) mass is 207 g/mol. The van der Waals surface area contributed by atoms with Gasteiger partial charge in [-0.2, -0.15) is 0 Å². The van der Waals surface area contributed by atoms with Gasteiger partial charge in [0.2, 0.25) is 0 Å². The number of nitrogens with one attached hydrogen (secondary N) is 1. The van der Waals surface area contributed by atoms with Gasteiger partial charge in [0.05, 0.1) is 12.6 Å². The molecule has 2 atom stereocenters. The molecule has 0 amide bonds. The third-order valence-electron chi connectivity index (χ3n) is 2.84. The van der Waals surface area contributed by atoms with Gasteiger partial charge in [0.1, 0.15) is 0 Å². The number of rotatable bonds is 5. The summed E-state index contributed by atoms with van der Waals surface area (Å²) in [4.78, 5) is 0. The number of hydrogen-bond acceptors (Lipinski definition) is 2. The van der Waals surface area contributed by atoms with E-state index >= 15 is 0 Å². The summed E-state index contributed by atoms with van der Waals surface area (Å²) in [5, 5.41) is 12.8. The Morgan fingerprint density at radius 1 is 1.33 bits per heavy atom. The summed E-state index contributed by atoms with van der Waals surface area (Å²) in [6.45, 7) is 6.51. The Morgan fingerprint density at radius 2 is 2.00 bits per heavy atom. The molecule has 15 heavy (non-hydrogen) atoms. The Hall–Kier alpha value is -0.860. The molecule has 0 fully saturated rings. The van der Waals surface area contributed by atoms with E-state index in [1.807, 2.05) is 12.1 Å². The molecular formula is C13H21NO. The van der Waals surface area contributed by atoms with Crippen LogP contribution in [0, 0.1) is 6.92 Å². The Bertz CT molecular complexity index is 298. The lowest BCUT2D eigenvalue weighted by Gasteiger charge is -2.22. The molecule has 0 aromatic heterocycles. The number of hydrogen-bond donors (Lipinski definition) is 2. The molecule has 2 heteroatoms. The zero-order chi connectivity index (χ0) is 11.3. The van der Waals surface area contributed by atoms with Gasteiger partial charge < -0.3 is 10.4 Å². The third kappa shape index (κ3) is 3.33. The van der Waals surface area contributed by atoms with Crippen molar-refractivity contribution in [2.75, 3.05) is 6.61 Å². The van der Waals surface area contributed by atoms with Crippen molar-refractivity contribution in [2.24, 2.45) is 0 Å². The molecule has 2 nitrogen and oxygen atoms in total. The molecular weight excluding hydrogens is 186 g/mol. The molecule has 84 valence electrons. The smallest absolute Gasteiger partial charge is 0.0626 e. The number of benzene rings is 1. The standard InChI is InChI=1S/C13H21NO/c1-4-11(3)14-13(9-15)12-8-6-5-7-10(12)2/h5-8,11,13-15H,4,9H2,1-3H3. The molecule has 2 N–H and O–H groups in total. The minimum atomic E-state index is 0.0566. The van der Waals surface area contributed by atoms with E-state index in [1.165, 1.54) is 11.1 Å². The van der Waals surface area contributed by atoms with Gasteiger partial charge in [0, 0.05) is 6.04 Å². The first-order chi connectivity index (χ1) is 7.19. The summed E-state index contributed by atoms with van der Waals surface area (Å²) in [7, 11) is 0. The normalized spacial score (nSPS) is 14.9. The van der Waals surface area contributed by atoms with Crippen molar-refractivity contribution < 1.29 is 5.11 Å². The van der Waals surface area contributed by atoms with Crippen molar-refractivity contribution in [3.05, 3.63) is 35.4 Å². The molecule has 0 bridgehead atoms. The zero-order valence-electron chi connectivity index (χ0n) is 9.83. The fourth-order valence-corrected chi connectivity index (χ4v) is 1.68. The van der Waals surface area contributed by atoms with Gasteiger partial charge in [-0.15, -0.1) is 0 Å². The highest BCUT2D eigenvalue weighted by Crippen LogP contribution is 2.17. The molecule has 2 unspecified atom stereocenters. The second kappa shape index (κ2) is 5.89.